The number of hydrogen-bond acceptors (Lipinski definition) is 5. The lowest BCUT2D eigenvalue weighted by Gasteiger charge is -2.23. The minimum atomic E-state index is -3.63. The fourth-order valence-electron chi connectivity index (χ4n) is 3.61. The summed E-state index contributed by atoms with van der Waals surface area (Å²) in [5, 5.41) is 2.49. The SMILES string of the molecule is Cc1ccccc1C1NC(C(=O)OC(C)(C)C)CC1S(=O)(=O)c1ccccc1. The number of carbonyl (C=O) groups excluding carboxylic acids is 1. The molecule has 0 bridgehead atoms. The molecule has 28 heavy (non-hydrogen) atoms. The molecule has 1 saturated heterocycles. The average molecular weight is 402 g/mol. The number of sulfone groups is 1. The van der Waals surface area contributed by atoms with Crippen LogP contribution in [0.15, 0.2) is 59.5 Å². The van der Waals surface area contributed by atoms with Crippen LogP contribution in [0.3, 0.4) is 0 Å². The minimum Gasteiger partial charge on any atom is -0.459 e. The summed E-state index contributed by atoms with van der Waals surface area (Å²) in [4.78, 5) is 12.9. The van der Waals surface area contributed by atoms with Crippen LogP contribution in [0.2, 0.25) is 0 Å². The maximum atomic E-state index is 13.4. The van der Waals surface area contributed by atoms with Crippen LogP contribution in [0.5, 0.6) is 0 Å². The Morgan fingerprint density at radius 3 is 2.25 bits per heavy atom. The van der Waals surface area contributed by atoms with Crippen molar-refractivity contribution in [2.75, 3.05) is 0 Å². The predicted molar refractivity (Wildman–Crippen MR) is 109 cm³/mol. The van der Waals surface area contributed by atoms with E-state index in [1.165, 1.54) is 0 Å². The van der Waals surface area contributed by atoms with Crippen molar-refractivity contribution in [2.24, 2.45) is 0 Å². The van der Waals surface area contributed by atoms with E-state index in [0.717, 1.165) is 11.1 Å². The zero-order valence-corrected chi connectivity index (χ0v) is 17.5. The van der Waals surface area contributed by atoms with Crippen molar-refractivity contribution in [3.05, 3.63) is 65.7 Å². The van der Waals surface area contributed by atoms with Crippen molar-refractivity contribution in [3.8, 4) is 0 Å². The molecular weight excluding hydrogens is 374 g/mol. The van der Waals surface area contributed by atoms with E-state index >= 15 is 0 Å². The van der Waals surface area contributed by atoms with Gasteiger partial charge in [-0.25, -0.2) is 8.42 Å². The standard InChI is InChI=1S/C22H27NO4S/c1-15-10-8-9-13-17(15)20-19(28(25,26)16-11-6-5-7-12-16)14-18(23-20)21(24)27-22(2,3)4/h5-13,18-20,23H,14H2,1-4H3. The summed E-state index contributed by atoms with van der Waals surface area (Å²) in [6.07, 6.45) is 0.172. The molecule has 0 saturated carbocycles. The third kappa shape index (κ3) is 4.28. The molecule has 1 aliphatic heterocycles. The van der Waals surface area contributed by atoms with Gasteiger partial charge in [0.2, 0.25) is 0 Å². The highest BCUT2D eigenvalue weighted by atomic mass is 32.2. The van der Waals surface area contributed by atoms with Crippen LogP contribution >= 0.6 is 0 Å². The van der Waals surface area contributed by atoms with E-state index in [4.69, 9.17) is 4.74 Å². The molecule has 0 aromatic heterocycles. The maximum Gasteiger partial charge on any atom is 0.323 e. The third-order valence-electron chi connectivity index (χ3n) is 4.91. The van der Waals surface area contributed by atoms with Gasteiger partial charge in [-0.3, -0.25) is 10.1 Å². The van der Waals surface area contributed by atoms with Crippen molar-refractivity contribution >= 4 is 15.8 Å². The van der Waals surface area contributed by atoms with Gasteiger partial charge in [-0.1, -0.05) is 42.5 Å². The second-order valence-corrected chi connectivity index (χ2v) is 10.4. The molecule has 6 heteroatoms. The molecule has 0 amide bonds. The van der Waals surface area contributed by atoms with E-state index in [9.17, 15) is 13.2 Å². The van der Waals surface area contributed by atoms with Crippen molar-refractivity contribution in [1.29, 1.82) is 0 Å². The fourth-order valence-corrected chi connectivity index (χ4v) is 5.53. The van der Waals surface area contributed by atoms with Gasteiger partial charge in [0, 0.05) is 0 Å². The van der Waals surface area contributed by atoms with Gasteiger partial charge in [0.1, 0.15) is 11.6 Å². The van der Waals surface area contributed by atoms with Crippen LogP contribution in [0, 0.1) is 6.92 Å². The third-order valence-corrected chi connectivity index (χ3v) is 7.10. The summed E-state index contributed by atoms with van der Waals surface area (Å²) >= 11 is 0. The van der Waals surface area contributed by atoms with Crippen molar-refractivity contribution in [1.82, 2.24) is 5.32 Å². The Kier molecular flexibility index (Phi) is 5.64. The molecule has 2 aromatic rings. The van der Waals surface area contributed by atoms with E-state index in [-0.39, 0.29) is 11.3 Å². The molecule has 3 unspecified atom stereocenters. The first kappa shape index (κ1) is 20.6. The number of aryl methyl sites for hydroxylation is 1. The summed E-state index contributed by atoms with van der Waals surface area (Å²) in [6.45, 7) is 7.36. The number of hydrogen-bond donors (Lipinski definition) is 1. The highest BCUT2D eigenvalue weighted by molar-refractivity contribution is 7.92. The summed E-state index contributed by atoms with van der Waals surface area (Å²) in [7, 11) is -3.63. The second kappa shape index (κ2) is 7.68. The first-order valence-corrected chi connectivity index (χ1v) is 11.0. The molecule has 5 nitrogen and oxygen atoms in total. The molecule has 1 aliphatic rings. The van der Waals surface area contributed by atoms with Gasteiger partial charge in [0.15, 0.2) is 9.84 Å². The molecular formula is C22H27NO4S. The van der Waals surface area contributed by atoms with Crippen LogP contribution in [0.4, 0.5) is 0 Å². The van der Waals surface area contributed by atoms with Gasteiger partial charge in [0.25, 0.3) is 0 Å². The summed E-state index contributed by atoms with van der Waals surface area (Å²) in [5.74, 6) is -0.420. The number of benzene rings is 2. The molecule has 0 radical (unpaired) electrons. The number of nitrogens with one attached hydrogen (secondary N) is 1. The van der Waals surface area contributed by atoms with Gasteiger partial charge in [0.05, 0.1) is 16.2 Å². The highest BCUT2D eigenvalue weighted by Crippen LogP contribution is 2.37. The Balaban J connectivity index is 2.00. The van der Waals surface area contributed by atoms with Crippen LogP contribution in [-0.4, -0.2) is 31.3 Å². The summed E-state index contributed by atoms with van der Waals surface area (Å²) < 4.78 is 32.3. The van der Waals surface area contributed by atoms with Gasteiger partial charge < -0.3 is 4.74 Å². The molecule has 0 aliphatic carbocycles. The molecule has 3 atom stereocenters. The highest BCUT2D eigenvalue weighted by Gasteiger charge is 2.47. The van der Waals surface area contributed by atoms with E-state index in [0.29, 0.717) is 0 Å². The first-order chi connectivity index (χ1) is 13.1. The zero-order valence-electron chi connectivity index (χ0n) is 16.7. The number of carbonyl (C=O) groups is 1. The minimum absolute atomic E-state index is 0.172. The Morgan fingerprint density at radius 2 is 1.64 bits per heavy atom. The number of esters is 1. The van der Waals surface area contributed by atoms with Crippen LogP contribution < -0.4 is 5.32 Å². The molecule has 1 heterocycles. The van der Waals surface area contributed by atoms with Gasteiger partial charge in [-0.15, -0.1) is 0 Å². The lowest BCUT2D eigenvalue weighted by atomic mass is 10.00. The van der Waals surface area contributed by atoms with Gasteiger partial charge >= 0.3 is 5.97 Å². The normalized spacial score (nSPS) is 22.8. The Labute approximate surface area is 167 Å². The topological polar surface area (TPSA) is 72.5 Å². The Morgan fingerprint density at radius 1 is 1.04 bits per heavy atom. The van der Waals surface area contributed by atoms with Gasteiger partial charge in [-0.2, -0.15) is 0 Å². The average Bonchev–Trinajstić information content (AvgIpc) is 3.08. The van der Waals surface area contributed by atoms with Crippen molar-refractivity contribution in [3.63, 3.8) is 0 Å². The monoisotopic (exact) mass is 401 g/mol. The first-order valence-electron chi connectivity index (χ1n) is 9.43. The van der Waals surface area contributed by atoms with E-state index in [1.54, 1.807) is 51.1 Å². The number of rotatable bonds is 4. The molecule has 1 N–H and O–H groups in total. The van der Waals surface area contributed by atoms with E-state index in [2.05, 4.69) is 5.32 Å². The predicted octanol–water partition coefficient (Wildman–Crippen LogP) is 3.58. The maximum absolute atomic E-state index is 13.4. The lowest BCUT2D eigenvalue weighted by Crippen LogP contribution is -2.38. The van der Waals surface area contributed by atoms with Gasteiger partial charge in [-0.05, 0) is 57.4 Å². The molecule has 3 rings (SSSR count). The summed E-state index contributed by atoms with van der Waals surface area (Å²) in [6, 6.07) is 14.9. The number of ether oxygens (including phenoxy) is 1. The fraction of sp³-hybridized carbons (Fsp3) is 0.409. The Hall–Kier alpha value is -2.18. The Bertz CT molecular complexity index is 948. The molecule has 2 aromatic carbocycles. The van der Waals surface area contributed by atoms with Crippen molar-refractivity contribution in [2.45, 2.75) is 61.9 Å². The molecule has 150 valence electrons. The second-order valence-electron chi connectivity index (χ2n) is 8.22. The smallest absolute Gasteiger partial charge is 0.323 e. The van der Waals surface area contributed by atoms with Crippen LogP contribution in [0.25, 0.3) is 0 Å². The van der Waals surface area contributed by atoms with Crippen LogP contribution in [-0.2, 0) is 19.4 Å². The van der Waals surface area contributed by atoms with Crippen molar-refractivity contribution < 1.29 is 17.9 Å². The molecule has 0 spiro atoms. The summed E-state index contributed by atoms with van der Waals surface area (Å²) in [5.41, 5.74) is 1.24. The quantitative estimate of drug-likeness (QED) is 0.793. The zero-order chi connectivity index (χ0) is 20.5. The van der Waals surface area contributed by atoms with Crippen LogP contribution in [0.1, 0.15) is 44.4 Å². The van der Waals surface area contributed by atoms with E-state index < -0.39 is 38.7 Å². The lowest BCUT2D eigenvalue weighted by molar-refractivity contribution is -0.157. The van der Waals surface area contributed by atoms with E-state index in [1.807, 2.05) is 31.2 Å². The molecule has 1 fully saturated rings. The largest absolute Gasteiger partial charge is 0.459 e.